The average molecular weight is 246 g/mol. The van der Waals surface area contributed by atoms with Crippen molar-refractivity contribution in [2.24, 2.45) is 0 Å². The number of hydrogen-bond acceptors (Lipinski definition) is 2. The van der Waals surface area contributed by atoms with Crippen molar-refractivity contribution >= 4 is 16.8 Å². The summed E-state index contributed by atoms with van der Waals surface area (Å²) in [6, 6.07) is 7.87. The molecule has 0 spiro atoms. The molecule has 0 aliphatic carbocycles. The largest absolute Gasteiger partial charge is 0.394 e. The molecule has 4 nitrogen and oxygen atoms in total. The van der Waals surface area contributed by atoms with Gasteiger partial charge < -0.3 is 15.4 Å². The van der Waals surface area contributed by atoms with E-state index in [9.17, 15) is 4.79 Å². The van der Waals surface area contributed by atoms with E-state index in [-0.39, 0.29) is 18.6 Å². The van der Waals surface area contributed by atoms with Crippen LogP contribution in [0.4, 0.5) is 0 Å². The molecule has 1 amide bonds. The molecule has 96 valence electrons. The van der Waals surface area contributed by atoms with Crippen molar-refractivity contribution in [1.29, 1.82) is 0 Å². The molecular weight excluding hydrogens is 228 g/mol. The van der Waals surface area contributed by atoms with Crippen molar-refractivity contribution in [2.45, 2.75) is 25.8 Å². The molecule has 0 radical (unpaired) electrons. The Bertz CT molecular complexity index is 533. The SMILES string of the molecule is CC(CO)NC(=O)CCc1c[nH]c2ccccc12. The van der Waals surface area contributed by atoms with Gasteiger partial charge in [0.25, 0.3) is 0 Å². The topological polar surface area (TPSA) is 65.1 Å². The number of H-pyrrole nitrogens is 1. The highest BCUT2D eigenvalue weighted by Gasteiger charge is 2.08. The minimum Gasteiger partial charge on any atom is -0.394 e. The van der Waals surface area contributed by atoms with Gasteiger partial charge in [0, 0.05) is 29.6 Å². The molecule has 1 unspecified atom stereocenters. The second-order valence-corrected chi connectivity index (χ2v) is 4.51. The first kappa shape index (κ1) is 12.6. The molecule has 2 aromatic rings. The van der Waals surface area contributed by atoms with Gasteiger partial charge >= 0.3 is 0 Å². The van der Waals surface area contributed by atoms with Crippen LogP contribution in [0.2, 0.25) is 0 Å². The quantitative estimate of drug-likeness (QED) is 0.750. The van der Waals surface area contributed by atoms with E-state index in [0.717, 1.165) is 11.1 Å². The van der Waals surface area contributed by atoms with Gasteiger partial charge in [-0.25, -0.2) is 0 Å². The predicted octanol–water partition coefficient (Wildman–Crippen LogP) is 1.60. The monoisotopic (exact) mass is 246 g/mol. The number of aromatic amines is 1. The highest BCUT2D eigenvalue weighted by molar-refractivity contribution is 5.84. The maximum Gasteiger partial charge on any atom is 0.220 e. The van der Waals surface area contributed by atoms with Crippen LogP contribution in [-0.4, -0.2) is 28.6 Å². The standard InChI is InChI=1S/C14H18N2O2/c1-10(9-17)16-14(18)7-6-11-8-15-13-5-3-2-4-12(11)13/h2-5,8,10,15,17H,6-7,9H2,1H3,(H,16,18). The van der Waals surface area contributed by atoms with E-state index in [0.29, 0.717) is 12.8 Å². The highest BCUT2D eigenvalue weighted by atomic mass is 16.3. The third-order valence-corrected chi connectivity index (χ3v) is 2.98. The minimum absolute atomic E-state index is 0.0261. The summed E-state index contributed by atoms with van der Waals surface area (Å²) in [5.41, 5.74) is 2.24. The Morgan fingerprint density at radius 3 is 3.00 bits per heavy atom. The number of aliphatic hydroxyl groups excluding tert-OH is 1. The Balaban J connectivity index is 1.96. The lowest BCUT2D eigenvalue weighted by atomic mass is 10.1. The molecule has 0 saturated carbocycles. The highest BCUT2D eigenvalue weighted by Crippen LogP contribution is 2.18. The molecule has 0 aliphatic heterocycles. The van der Waals surface area contributed by atoms with Gasteiger partial charge in [-0.3, -0.25) is 4.79 Å². The number of nitrogens with one attached hydrogen (secondary N) is 2. The van der Waals surface area contributed by atoms with Crippen LogP contribution >= 0.6 is 0 Å². The van der Waals surface area contributed by atoms with Crippen molar-refractivity contribution < 1.29 is 9.90 Å². The first-order chi connectivity index (χ1) is 8.70. The van der Waals surface area contributed by atoms with Gasteiger partial charge in [0.1, 0.15) is 0 Å². The van der Waals surface area contributed by atoms with E-state index in [1.807, 2.05) is 24.4 Å². The molecule has 0 fully saturated rings. The van der Waals surface area contributed by atoms with Crippen LogP contribution in [0.5, 0.6) is 0 Å². The summed E-state index contributed by atoms with van der Waals surface area (Å²) in [5, 5.41) is 12.8. The van der Waals surface area contributed by atoms with Crippen molar-refractivity contribution in [3.63, 3.8) is 0 Å². The summed E-state index contributed by atoms with van der Waals surface area (Å²) in [4.78, 5) is 14.8. The second-order valence-electron chi connectivity index (χ2n) is 4.51. The van der Waals surface area contributed by atoms with Gasteiger partial charge in [0.15, 0.2) is 0 Å². The molecule has 0 bridgehead atoms. The van der Waals surface area contributed by atoms with Gasteiger partial charge in [0.05, 0.1) is 6.61 Å². The molecule has 1 atom stereocenters. The Morgan fingerprint density at radius 1 is 1.44 bits per heavy atom. The molecule has 0 saturated heterocycles. The van der Waals surface area contributed by atoms with Gasteiger partial charge in [-0.15, -0.1) is 0 Å². The number of carbonyl (C=O) groups excluding carboxylic acids is 1. The number of aliphatic hydroxyl groups is 1. The molecule has 1 aromatic carbocycles. The zero-order valence-electron chi connectivity index (χ0n) is 10.4. The molecule has 4 heteroatoms. The Hall–Kier alpha value is -1.81. The van der Waals surface area contributed by atoms with E-state index in [1.165, 1.54) is 5.39 Å². The number of benzene rings is 1. The number of amides is 1. The summed E-state index contributed by atoms with van der Waals surface area (Å²) in [5.74, 6) is -0.0261. The molecule has 3 N–H and O–H groups in total. The van der Waals surface area contributed by atoms with Crippen LogP contribution in [0, 0.1) is 0 Å². The van der Waals surface area contributed by atoms with Crippen LogP contribution in [0.25, 0.3) is 10.9 Å². The van der Waals surface area contributed by atoms with Crippen LogP contribution in [-0.2, 0) is 11.2 Å². The lowest BCUT2D eigenvalue weighted by molar-refractivity contribution is -0.121. The first-order valence-electron chi connectivity index (χ1n) is 6.16. The number of aryl methyl sites for hydroxylation is 1. The Labute approximate surface area is 106 Å². The molecule has 2 rings (SSSR count). The fourth-order valence-electron chi connectivity index (χ4n) is 1.98. The predicted molar refractivity (Wildman–Crippen MR) is 71.3 cm³/mol. The van der Waals surface area contributed by atoms with Crippen molar-refractivity contribution in [3.05, 3.63) is 36.0 Å². The number of aromatic nitrogens is 1. The van der Waals surface area contributed by atoms with E-state index < -0.39 is 0 Å². The van der Waals surface area contributed by atoms with Crippen molar-refractivity contribution in [1.82, 2.24) is 10.3 Å². The molecule has 1 aromatic heterocycles. The summed E-state index contributed by atoms with van der Waals surface area (Å²) < 4.78 is 0. The lowest BCUT2D eigenvalue weighted by Gasteiger charge is -2.10. The Kier molecular flexibility index (Phi) is 3.99. The number of rotatable bonds is 5. The van der Waals surface area contributed by atoms with E-state index in [1.54, 1.807) is 6.92 Å². The van der Waals surface area contributed by atoms with Gasteiger partial charge in [-0.2, -0.15) is 0 Å². The zero-order chi connectivity index (χ0) is 13.0. The third kappa shape index (κ3) is 2.90. The smallest absolute Gasteiger partial charge is 0.220 e. The summed E-state index contributed by atoms with van der Waals surface area (Å²) >= 11 is 0. The molecule has 0 aliphatic rings. The Morgan fingerprint density at radius 2 is 2.22 bits per heavy atom. The summed E-state index contributed by atoms with van der Waals surface area (Å²) in [7, 11) is 0. The van der Waals surface area contributed by atoms with E-state index in [4.69, 9.17) is 5.11 Å². The minimum atomic E-state index is -0.180. The number of para-hydroxylation sites is 1. The zero-order valence-corrected chi connectivity index (χ0v) is 10.4. The maximum atomic E-state index is 11.6. The van der Waals surface area contributed by atoms with Crippen LogP contribution < -0.4 is 5.32 Å². The van der Waals surface area contributed by atoms with Gasteiger partial charge in [0.2, 0.25) is 5.91 Å². The fourth-order valence-corrected chi connectivity index (χ4v) is 1.98. The average Bonchev–Trinajstić information content (AvgIpc) is 2.79. The number of fused-ring (bicyclic) bond motifs is 1. The van der Waals surface area contributed by atoms with Crippen molar-refractivity contribution in [2.75, 3.05) is 6.61 Å². The summed E-state index contributed by atoms with van der Waals surface area (Å²) in [6.07, 6.45) is 3.09. The number of carbonyl (C=O) groups is 1. The lowest BCUT2D eigenvalue weighted by Crippen LogP contribution is -2.35. The van der Waals surface area contributed by atoms with E-state index in [2.05, 4.69) is 16.4 Å². The molecular formula is C14H18N2O2. The second kappa shape index (κ2) is 5.69. The van der Waals surface area contributed by atoms with Gasteiger partial charge in [-0.05, 0) is 25.0 Å². The first-order valence-corrected chi connectivity index (χ1v) is 6.16. The molecule has 1 heterocycles. The number of hydrogen-bond donors (Lipinski definition) is 3. The third-order valence-electron chi connectivity index (χ3n) is 2.98. The molecule has 18 heavy (non-hydrogen) atoms. The van der Waals surface area contributed by atoms with Crippen LogP contribution in [0.3, 0.4) is 0 Å². The fraction of sp³-hybridized carbons (Fsp3) is 0.357. The normalized spacial score (nSPS) is 12.6. The maximum absolute atomic E-state index is 11.6. The summed E-state index contributed by atoms with van der Waals surface area (Å²) in [6.45, 7) is 1.75. The van der Waals surface area contributed by atoms with E-state index >= 15 is 0 Å². The van der Waals surface area contributed by atoms with Gasteiger partial charge in [-0.1, -0.05) is 18.2 Å². The van der Waals surface area contributed by atoms with Crippen LogP contribution in [0.1, 0.15) is 18.9 Å². The van der Waals surface area contributed by atoms with Crippen molar-refractivity contribution in [3.8, 4) is 0 Å². The van der Waals surface area contributed by atoms with Crippen LogP contribution in [0.15, 0.2) is 30.5 Å².